The fraction of sp³-hybridized carbons (Fsp3) is 0.467. The van der Waals surface area contributed by atoms with Crippen molar-refractivity contribution in [2.75, 3.05) is 13.2 Å². The summed E-state index contributed by atoms with van der Waals surface area (Å²) in [5.41, 5.74) is 2.00. The number of aromatic nitrogens is 2. The highest BCUT2D eigenvalue weighted by molar-refractivity contribution is 5.77. The van der Waals surface area contributed by atoms with Crippen LogP contribution in [0.5, 0.6) is 0 Å². The summed E-state index contributed by atoms with van der Waals surface area (Å²) in [5, 5.41) is 11.7. The van der Waals surface area contributed by atoms with Crippen molar-refractivity contribution < 1.29 is 9.90 Å². The molecule has 0 aliphatic heterocycles. The molecule has 108 valence electrons. The van der Waals surface area contributed by atoms with Crippen molar-refractivity contribution in [2.45, 2.75) is 26.3 Å². The number of aliphatic hydroxyl groups is 1. The zero-order chi connectivity index (χ0) is 14.4. The van der Waals surface area contributed by atoms with Gasteiger partial charge in [-0.05, 0) is 24.5 Å². The van der Waals surface area contributed by atoms with E-state index in [0.717, 1.165) is 11.0 Å². The van der Waals surface area contributed by atoms with Crippen molar-refractivity contribution >= 4 is 16.9 Å². The molecule has 2 N–H and O–H groups in total. The maximum atomic E-state index is 11.8. The zero-order valence-electron chi connectivity index (χ0n) is 11.7. The largest absolute Gasteiger partial charge is 0.396 e. The van der Waals surface area contributed by atoms with Gasteiger partial charge in [-0.15, -0.1) is 0 Å². The van der Waals surface area contributed by atoms with Crippen molar-refractivity contribution in [3.63, 3.8) is 0 Å². The Kier molecular flexibility index (Phi) is 5.12. The summed E-state index contributed by atoms with van der Waals surface area (Å²) >= 11 is 0. The number of aliphatic hydroxyl groups excluding tert-OH is 1. The molecule has 1 heterocycles. The maximum absolute atomic E-state index is 11.8. The van der Waals surface area contributed by atoms with E-state index in [0.29, 0.717) is 31.8 Å². The van der Waals surface area contributed by atoms with E-state index in [4.69, 9.17) is 5.11 Å². The van der Waals surface area contributed by atoms with Crippen LogP contribution in [0.25, 0.3) is 11.0 Å². The Morgan fingerprint density at radius 2 is 2.25 bits per heavy atom. The van der Waals surface area contributed by atoms with E-state index in [-0.39, 0.29) is 12.5 Å². The van der Waals surface area contributed by atoms with Gasteiger partial charge in [0, 0.05) is 26.1 Å². The van der Waals surface area contributed by atoms with Crippen LogP contribution in [0.4, 0.5) is 0 Å². The summed E-state index contributed by atoms with van der Waals surface area (Å²) < 4.78 is 1.99. The van der Waals surface area contributed by atoms with Gasteiger partial charge in [0.05, 0.1) is 17.4 Å². The minimum absolute atomic E-state index is 0.0348. The van der Waals surface area contributed by atoms with Crippen LogP contribution in [-0.4, -0.2) is 33.7 Å². The summed E-state index contributed by atoms with van der Waals surface area (Å²) in [4.78, 5) is 16.1. The molecule has 1 amide bonds. The van der Waals surface area contributed by atoms with E-state index in [1.807, 2.05) is 35.8 Å². The fourth-order valence-corrected chi connectivity index (χ4v) is 2.11. The molecule has 1 atom stereocenters. The molecule has 0 saturated heterocycles. The normalized spacial score (nSPS) is 12.5. The Balaban J connectivity index is 1.81. The number of aryl methyl sites for hydroxylation is 1. The van der Waals surface area contributed by atoms with Crippen LogP contribution in [0.15, 0.2) is 30.6 Å². The molecular formula is C15H21N3O2. The standard InChI is InChI=1S/C15H21N3O2/c1-12(7-9-19)10-16-15(20)6-8-18-11-17-13-4-2-3-5-14(13)18/h2-5,11-12,19H,6-10H2,1H3,(H,16,20). The molecule has 0 aliphatic carbocycles. The van der Waals surface area contributed by atoms with E-state index >= 15 is 0 Å². The molecule has 0 fully saturated rings. The number of fused-ring (bicyclic) bond motifs is 1. The Morgan fingerprint density at radius 3 is 3.05 bits per heavy atom. The average molecular weight is 275 g/mol. The first-order valence-electron chi connectivity index (χ1n) is 6.98. The van der Waals surface area contributed by atoms with Crippen molar-refractivity contribution in [2.24, 2.45) is 5.92 Å². The number of hydrogen-bond acceptors (Lipinski definition) is 3. The van der Waals surface area contributed by atoms with Crippen molar-refractivity contribution in [3.8, 4) is 0 Å². The van der Waals surface area contributed by atoms with Gasteiger partial charge in [-0.3, -0.25) is 4.79 Å². The van der Waals surface area contributed by atoms with E-state index in [1.165, 1.54) is 0 Å². The molecule has 1 aromatic carbocycles. The number of amides is 1. The molecule has 5 nitrogen and oxygen atoms in total. The molecule has 0 saturated carbocycles. The molecule has 20 heavy (non-hydrogen) atoms. The third-order valence-corrected chi connectivity index (χ3v) is 3.38. The number of carbonyl (C=O) groups excluding carboxylic acids is 1. The lowest BCUT2D eigenvalue weighted by Gasteiger charge is -2.11. The molecule has 1 unspecified atom stereocenters. The number of para-hydroxylation sites is 2. The topological polar surface area (TPSA) is 67.2 Å². The number of carbonyl (C=O) groups is 1. The summed E-state index contributed by atoms with van der Waals surface area (Å²) in [6.07, 6.45) is 2.92. The van der Waals surface area contributed by atoms with Crippen molar-refractivity contribution in [1.82, 2.24) is 14.9 Å². The molecule has 2 rings (SSSR count). The van der Waals surface area contributed by atoms with Gasteiger partial charge in [0.15, 0.2) is 0 Å². The highest BCUT2D eigenvalue weighted by atomic mass is 16.3. The fourth-order valence-electron chi connectivity index (χ4n) is 2.11. The molecule has 0 aliphatic rings. The second kappa shape index (κ2) is 7.05. The second-order valence-corrected chi connectivity index (χ2v) is 5.10. The molecule has 1 aromatic heterocycles. The lowest BCUT2D eigenvalue weighted by Crippen LogP contribution is -2.29. The van der Waals surface area contributed by atoms with Crippen LogP contribution in [0.3, 0.4) is 0 Å². The molecule has 0 radical (unpaired) electrons. The highest BCUT2D eigenvalue weighted by Crippen LogP contribution is 2.12. The van der Waals surface area contributed by atoms with Gasteiger partial charge < -0.3 is 15.0 Å². The average Bonchev–Trinajstić information content (AvgIpc) is 2.86. The van der Waals surface area contributed by atoms with Gasteiger partial charge in [0.2, 0.25) is 5.91 Å². The van der Waals surface area contributed by atoms with E-state index in [2.05, 4.69) is 10.3 Å². The van der Waals surface area contributed by atoms with E-state index < -0.39 is 0 Å². The minimum Gasteiger partial charge on any atom is -0.396 e. The van der Waals surface area contributed by atoms with Crippen LogP contribution in [0, 0.1) is 5.92 Å². The van der Waals surface area contributed by atoms with Crippen LogP contribution < -0.4 is 5.32 Å². The predicted molar refractivity (Wildman–Crippen MR) is 78.2 cm³/mol. The lowest BCUT2D eigenvalue weighted by molar-refractivity contribution is -0.121. The van der Waals surface area contributed by atoms with Gasteiger partial charge in [0.25, 0.3) is 0 Å². The Bertz CT molecular complexity index is 565. The lowest BCUT2D eigenvalue weighted by atomic mass is 10.1. The maximum Gasteiger partial charge on any atom is 0.221 e. The monoisotopic (exact) mass is 275 g/mol. The molecule has 5 heteroatoms. The quantitative estimate of drug-likeness (QED) is 0.806. The van der Waals surface area contributed by atoms with Crippen LogP contribution in [-0.2, 0) is 11.3 Å². The Labute approximate surface area is 118 Å². The third-order valence-electron chi connectivity index (χ3n) is 3.38. The van der Waals surface area contributed by atoms with E-state index in [1.54, 1.807) is 6.33 Å². The van der Waals surface area contributed by atoms with Gasteiger partial charge in [0.1, 0.15) is 0 Å². The zero-order valence-corrected chi connectivity index (χ0v) is 11.7. The summed E-state index contributed by atoms with van der Waals surface area (Å²) in [6.45, 7) is 3.42. The SMILES string of the molecule is CC(CCO)CNC(=O)CCn1cnc2ccccc21. The van der Waals surface area contributed by atoms with Crippen LogP contribution in [0.1, 0.15) is 19.8 Å². The van der Waals surface area contributed by atoms with E-state index in [9.17, 15) is 4.79 Å². The summed E-state index contributed by atoms with van der Waals surface area (Å²) in [5.74, 6) is 0.339. The Morgan fingerprint density at radius 1 is 1.45 bits per heavy atom. The summed E-state index contributed by atoms with van der Waals surface area (Å²) in [7, 11) is 0. The summed E-state index contributed by atoms with van der Waals surface area (Å²) in [6, 6.07) is 7.89. The van der Waals surface area contributed by atoms with Gasteiger partial charge in [-0.25, -0.2) is 4.98 Å². The first-order valence-corrected chi connectivity index (χ1v) is 6.98. The molecular weight excluding hydrogens is 254 g/mol. The number of nitrogens with one attached hydrogen (secondary N) is 1. The first kappa shape index (κ1) is 14.5. The van der Waals surface area contributed by atoms with Crippen LogP contribution >= 0.6 is 0 Å². The van der Waals surface area contributed by atoms with Crippen molar-refractivity contribution in [3.05, 3.63) is 30.6 Å². The minimum atomic E-state index is 0.0348. The molecule has 0 bridgehead atoms. The smallest absolute Gasteiger partial charge is 0.221 e. The third kappa shape index (κ3) is 3.81. The molecule has 0 spiro atoms. The molecule has 2 aromatic rings. The number of benzene rings is 1. The highest BCUT2D eigenvalue weighted by Gasteiger charge is 2.07. The number of rotatable bonds is 7. The predicted octanol–water partition coefficient (Wildman–Crippen LogP) is 1.56. The van der Waals surface area contributed by atoms with Gasteiger partial charge >= 0.3 is 0 Å². The number of hydrogen-bond donors (Lipinski definition) is 2. The number of nitrogens with zero attached hydrogens (tertiary/aromatic N) is 2. The Hall–Kier alpha value is -1.88. The second-order valence-electron chi connectivity index (χ2n) is 5.10. The first-order chi connectivity index (χ1) is 9.70. The van der Waals surface area contributed by atoms with Gasteiger partial charge in [-0.2, -0.15) is 0 Å². The van der Waals surface area contributed by atoms with Gasteiger partial charge in [-0.1, -0.05) is 19.1 Å². The number of imidazole rings is 1. The van der Waals surface area contributed by atoms with Crippen LogP contribution in [0.2, 0.25) is 0 Å². The van der Waals surface area contributed by atoms with Crippen molar-refractivity contribution in [1.29, 1.82) is 0 Å².